The zero-order chi connectivity index (χ0) is 11.0. The molecule has 2 aromatic rings. The molecule has 0 atom stereocenters. The number of nitrogens with one attached hydrogen (secondary N) is 1. The van der Waals surface area contributed by atoms with Crippen LogP contribution in [-0.4, -0.2) is 9.61 Å². The van der Waals surface area contributed by atoms with Gasteiger partial charge in [-0.2, -0.15) is 5.26 Å². The van der Waals surface area contributed by atoms with Crippen molar-refractivity contribution in [2.24, 2.45) is 0 Å². The van der Waals surface area contributed by atoms with Crippen molar-refractivity contribution in [1.82, 2.24) is 9.61 Å². The molecule has 0 saturated heterocycles. The van der Waals surface area contributed by atoms with Crippen molar-refractivity contribution in [3.8, 4) is 6.07 Å². The van der Waals surface area contributed by atoms with Gasteiger partial charge in [0.15, 0.2) is 0 Å². The summed E-state index contributed by atoms with van der Waals surface area (Å²) in [6.45, 7) is 1.83. The van der Waals surface area contributed by atoms with Crippen molar-refractivity contribution in [2.75, 3.05) is 0 Å². The maximum Gasteiger partial charge on any atom is 0.204 e. The second-order valence-electron chi connectivity index (χ2n) is 3.12. The largest absolute Gasteiger partial charge is 0.300 e. The maximum atomic E-state index is 11.8. The number of halogens is 1. The molecule has 0 bridgehead atoms. The Balaban J connectivity index is 3.06. The molecule has 0 aliphatic heterocycles. The van der Waals surface area contributed by atoms with Gasteiger partial charge in [-0.3, -0.25) is 4.79 Å². The summed E-state index contributed by atoms with van der Waals surface area (Å²) in [5, 5.41) is 12.1. The predicted molar refractivity (Wildman–Crippen MR) is 57.1 cm³/mol. The molecule has 0 aliphatic carbocycles. The standard InChI is InChI=1S/C10H8ClN3O/c1-2-6-9(15)7(5-12)8-3-4-13-14(8)10(6)11/h3-4,13H,2H2,1H3. The van der Waals surface area contributed by atoms with E-state index < -0.39 is 0 Å². The van der Waals surface area contributed by atoms with Gasteiger partial charge in [0, 0.05) is 11.8 Å². The maximum absolute atomic E-state index is 11.8. The fraction of sp³-hybridized carbons (Fsp3) is 0.200. The summed E-state index contributed by atoms with van der Waals surface area (Å²) < 4.78 is 1.54. The van der Waals surface area contributed by atoms with Crippen molar-refractivity contribution < 1.29 is 0 Å². The van der Waals surface area contributed by atoms with E-state index in [9.17, 15) is 4.79 Å². The topological polar surface area (TPSA) is 61.1 Å². The molecular formula is C10H8ClN3O. The minimum absolute atomic E-state index is 0.137. The Morgan fingerprint density at radius 3 is 3.00 bits per heavy atom. The fourth-order valence-corrected chi connectivity index (χ4v) is 1.96. The SMILES string of the molecule is CCc1c(Cl)n2[nH]ccc2c(C#N)c1=O. The lowest BCUT2D eigenvalue weighted by molar-refractivity contribution is 0.927. The first-order chi connectivity index (χ1) is 7.20. The van der Waals surface area contributed by atoms with Crippen LogP contribution < -0.4 is 5.43 Å². The Hall–Kier alpha value is -1.73. The molecule has 0 aliphatic rings. The third-order valence-electron chi connectivity index (χ3n) is 2.35. The number of rotatable bonds is 1. The number of hydrogen-bond donors (Lipinski definition) is 1. The van der Waals surface area contributed by atoms with Crippen molar-refractivity contribution in [2.45, 2.75) is 13.3 Å². The average molecular weight is 222 g/mol. The van der Waals surface area contributed by atoms with E-state index in [-0.39, 0.29) is 11.0 Å². The first kappa shape index (κ1) is 9.81. The molecule has 0 aromatic carbocycles. The van der Waals surface area contributed by atoms with E-state index >= 15 is 0 Å². The first-order valence-corrected chi connectivity index (χ1v) is 4.89. The smallest absolute Gasteiger partial charge is 0.204 e. The monoisotopic (exact) mass is 221 g/mol. The Labute approximate surface area is 90.7 Å². The molecule has 76 valence electrons. The number of nitriles is 1. The van der Waals surface area contributed by atoms with Crippen LogP contribution in [0.1, 0.15) is 18.1 Å². The van der Waals surface area contributed by atoms with Crippen molar-refractivity contribution >= 4 is 17.1 Å². The van der Waals surface area contributed by atoms with Gasteiger partial charge in [0.1, 0.15) is 16.8 Å². The first-order valence-electron chi connectivity index (χ1n) is 4.51. The van der Waals surface area contributed by atoms with Crippen molar-refractivity contribution in [3.05, 3.63) is 38.8 Å². The summed E-state index contributed by atoms with van der Waals surface area (Å²) in [7, 11) is 0. The van der Waals surface area contributed by atoms with Crippen LogP contribution in [0.15, 0.2) is 17.1 Å². The molecule has 0 radical (unpaired) electrons. The highest BCUT2D eigenvalue weighted by atomic mass is 35.5. The van der Waals surface area contributed by atoms with Crippen LogP contribution in [0.2, 0.25) is 5.15 Å². The minimum Gasteiger partial charge on any atom is -0.300 e. The zero-order valence-electron chi connectivity index (χ0n) is 8.04. The van der Waals surface area contributed by atoms with E-state index in [1.165, 1.54) is 0 Å². The molecule has 5 heteroatoms. The van der Waals surface area contributed by atoms with Gasteiger partial charge in [0.05, 0.1) is 5.52 Å². The van der Waals surface area contributed by atoms with Gasteiger partial charge in [0.2, 0.25) is 5.43 Å². The average Bonchev–Trinajstić information content (AvgIpc) is 2.68. The summed E-state index contributed by atoms with van der Waals surface area (Å²) in [5.74, 6) is 0. The van der Waals surface area contributed by atoms with Crippen LogP contribution in [0.25, 0.3) is 5.52 Å². The minimum atomic E-state index is -0.274. The highest BCUT2D eigenvalue weighted by Gasteiger charge is 2.15. The predicted octanol–water partition coefficient (Wildman–Crippen LogP) is 1.72. The molecule has 0 amide bonds. The van der Waals surface area contributed by atoms with E-state index in [1.54, 1.807) is 16.8 Å². The van der Waals surface area contributed by atoms with Crippen LogP contribution in [0.4, 0.5) is 0 Å². The van der Waals surface area contributed by atoms with Crippen LogP contribution in [0.3, 0.4) is 0 Å². The lowest BCUT2D eigenvalue weighted by Crippen LogP contribution is -2.16. The zero-order valence-corrected chi connectivity index (χ0v) is 8.80. The third-order valence-corrected chi connectivity index (χ3v) is 2.75. The molecule has 0 saturated carbocycles. The van der Waals surface area contributed by atoms with E-state index in [0.717, 1.165) is 0 Å². The van der Waals surface area contributed by atoms with Crippen LogP contribution in [0, 0.1) is 11.3 Å². The van der Waals surface area contributed by atoms with Gasteiger partial charge in [-0.1, -0.05) is 18.5 Å². The lowest BCUT2D eigenvalue weighted by atomic mass is 10.1. The van der Waals surface area contributed by atoms with Crippen molar-refractivity contribution in [3.63, 3.8) is 0 Å². The lowest BCUT2D eigenvalue weighted by Gasteiger charge is -2.04. The number of aromatic amines is 1. The highest BCUT2D eigenvalue weighted by molar-refractivity contribution is 6.30. The number of pyridine rings is 1. The quantitative estimate of drug-likeness (QED) is 0.746. The molecule has 0 spiro atoms. The summed E-state index contributed by atoms with van der Waals surface area (Å²) in [6.07, 6.45) is 2.15. The Morgan fingerprint density at radius 2 is 2.40 bits per heavy atom. The summed E-state index contributed by atoms with van der Waals surface area (Å²) in [5.41, 5.74) is 0.847. The van der Waals surface area contributed by atoms with Gasteiger partial charge in [-0.25, -0.2) is 4.52 Å². The molecule has 4 nitrogen and oxygen atoms in total. The van der Waals surface area contributed by atoms with Gasteiger partial charge in [-0.15, -0.1) is 0 Å². The molecule has 15 heavy (non-hydrogen) atoms. The molecule has 2 heterocycles. The van der Waals surface area contributed by atoms with Gasteiger partial charge in [-0.05, 0) is 12.5 Å². The van der Waals surface area contributed by atoms with E-state index in [0.29, 0.717) is 22.7 Å². The molecule has 2 rings (SSSR count). The molecule has 1 N–H and O–H groups in total. The molecular weight excluding hydrogens is 214 g/mol. The number of nitrogens with zero attached hydrogens (tertiary/aromatic N) is 2. The van der Waals surface area contributed by atoms with Crippen LogP contribution in [0.5, 0.6) is 0 Å². The second-order valence-corrected chi connectivity index (χ2v) is 3.48. The Morgan fingerprint density at radius 1 is 1.67 bits per heavy atom. The van der Waals surface area contributed by atoms with Crippen LogP contribution >= 0.6 is 11.6 Å². The summed E-state index contributed by atoms with van der Waals surface area (Å²) in [4.78, 5) is 11.8. The highest BCUT2D eigenvalue weighted by Crippen LogP contribution is 2.17. The summed E-state index contributed by atoms with van der Waals surface area (Å²) in [6, 6.07) is 3.57. The normalized spacial score (nSPS) is 10.5. The summed E-state index contributed by atoms with van der Waals surface area (Å²) >= 11 is 6.04. The number of fused-ring (bicyclic) bond motifs is 1. The Kier molecular flexibility index (Phi) is 2.25. The van der Waals surface area contributed by atoms with Crippen LogP contribution in [-0.2, 0) is 6.42 Å². The van der Waals surface area contributed by atoms with E-state index in [2.05, 4.69) is 5.10 Å². The molecule has 2 aromatic heterocycles. The number of aromatic nitrogens is 2. The van der Waals surface area contributed by atoms with Gasteiger partial charge >= 0.3 is 0 Å². The molecule has 0 unspecified atom stereocenters. The van der Waals surface area contributed by atoms with Crippen molar-refractivity contribution in [1.29, 1.82) is 5.26 Å². The number of hydrogen-bond acceptors (Lipinski definition) is 2. The Bertz CT molecular complexity index is 618. The van der Waals surface area contributed by atoms with Gasteiger partial charge in [0.25, 0.3) is 0 Å². The van der Waals surface area contributed by atoms with E-state index in [1.807, 2.05) is 13.0 Å². The fourth-order valence-electron chi connectivity index (χ4n) is 1.60. The third kappa shape index (κ3) is 1.24. The second kappa shape index (κ2) is 3.44. The number of H-pyrrole nitrogens is 1. The molecule has 0 fully saturated rings. The van der Waals surface area contributed by atoms with E-state index in [4.69, 9.17) is 16.9 Å². The van der Waals surface area contributed by atoms with Gasteiger partial charge < -0.3 is 5.10 Å².